The van der Waals surface area contributed by atoms with Gasteiger partial charge in [0.15, 0.2) is 17.3 Å². The molecule has 2 aromatic carbocycles. The van der Waals surface area contributed by atoms with Gasteiger partial charge in [-0.3, -0.25) is 9.78 Å². The molecule has 31 heavy (non-hydrogen) atoms. The zero-order valence-corrected chi connectivity index (χ0v) is 17.4. The molecule has 0 saturated heterocycles. The molecule has 0 aliphatic heterocycles. The van der Waals surface area contributed by atoms with Crippen LogP contribution in [-0.4, -0.2) is 42.1 Å². The number of hydrogen-bond acceptors (Lipinski definition) is 6. The predicted octanol–water partition coefficient (Wildman–Crippen LogP) is 4.41. The fourth-order valence-corrected chi connectivity index (χ4v) is 3.32. The van der Waals surface area contributed by atoms with E-state index in [1.54, 1.807) is 30.6 Å². The average Bonchev–Trinajstić information content (AvgIpc) is 3.25. The molecule has 1 N–H and O–H groups in total. The lowest BCUT2D eigenvalue weighted by atomic mass is 10.00. The van der Waals surface area contributed by atoms with Gasteiger partial charge in [-0.25, -0.2) is 4.98 Å². The zero-order valence-electron chi connectivity index (χ0n) is 17.4. The summed E-state index contributed by atoms with van der Waals surface area (Å²) in [4.78, 5) is 25.7. The molecule has 4 aromatic rings. The summed E-state index contributed by atoms with van der Waals surface area (Å²) in [7, 11) is 4.54. The number of fused-ring (bicyclic) bond motifs is 1. The van der Waals surface area contributed by atoms with Crippen LogP contribution < -0.4 is 14.2 Å². The van der Waals surface area contributed by atoms with Crippen LogP contribution in [0.4, 0.5) is 0 Å². The first kappa shape index (κ1) is 20.2. The van der Waals surface area contributed by atoms with Crippen molar-refractivity contribution < 1.29 is 19.0 Å². The molecular formula is C24H21N3O4. The number of Topliss-reactive ketones (excluding diaryl/α,β-unsaturated/α-hetero) is 1. The van der Waals surface area contributed by atoms with Gasteiger partial charge in [0.25, 0.3) is 0 Å². The van der Waals surface area contributed by atoms with E-state index in [0.717, 1.165) is 16.6 Å². The molecule has 0 saturated carbocycles. The Labute approximate surface area is 179 Å². The van der Waals surface area contributed by atoms with Crippen LogP contribution in [0.25, 0.3) is 22.7 Å². The molecule has 7 heteroatoms. The number of methoxy groups -OCH3 is 3. The third-order valence-electron chi connectivity index (χ3n) is 4.81. The van der Waals surface area contributed by atoms with Gasteiger partial charge in [0.1, 0.15) is 5.82 Å². The van der Waals surface area contributed by atoms with Crippen molar-refractivity contribution >= 4 is 28.5 Å². The molecule has 0 atom stereocenters. The maximum atomic E-state index is 13.7. The van der Waals surface area contributed by atoms with E-state index in [2.05, 4.69) is 15.0 Å². The number of benzene rings is 2. The van der Waals surface area contributed by atoms with E-state index in [1.807, 2.05) is 36.4 Å². The van der Waals surface area contributed by atoms with Crippen molar-refractivity contribution in [2.45, 2.75) is 0 Å². The van der Waals surface area contributed by atoms with Crippen LogP contribution in [0.3, 0.4) is 0 Å². The van der Waals surface area contributed by atoms with Crippen molar-refractivity contribution in [1.82, 2.24) is 15.0 Å². The highest BCUT2D eigenvalue weighted by Crippen LogP contribution is 2.39. The second-order valence-corrected chi connectivity index (χ2v) is 6.69. The van der Waals surface area contributed by atoms with Gasteiger partial charge in [0, 0.05) is 18.0 Å². The first-order valence-corrected chi connectivity index (χ1v) is 9.56. The Kier molecular flexibility index (Phi) is 5.66. The van der Waals surface area contributed by atoms with Crippen molar-refractivity contribution in [2.24, 2.45) is 0 Å². The quantitative estimate of drug-likeness (QED) is 0.355. The highest BCUT2D eigenvalue weighted by atomic mass is 16.5. The van der Waals surface area contributed by atoms with Crippen LogP contribution >= 0.6 is 0 Å². The minimum atomic E-state index is -0.248. The smallest absolute Gasteiger partial charge is 0.203 e. The molecule has 0 radical (unpaired) electrons. The minimum Gasteiger partial charge on any atom is -0.493 e. The zero-order chi connectivity index (χ0) is 21.8. The van der Waals surface area contributed by atoms with Gasteiger partial charge in [-0.1, -0.05) is 18.2 Å². The molecule has 2 aromatic heterocycles. The molecule has 0 aliphatic rings. The van der Waals surface area contributed by atoms with Gasteiger partial charge in [-0.05, 0) is 42.0 Å². The third-order valence-corrected chi connectivity index (χ3v) is 4.81. The lowest BCUT2D eigenvalue weighted by Crippen LogP contribution is -2.06. The first-order chi connectivity index (χ1) is 15.1. The van der Waals surface area contributed by atoms with Crippen LogP contribution in [0.5, 0.6) is 17.2 Å². The van der Waals surface area contributed by atoms with Gasteiger partial charge >= 0.3 is 0 Å². The van der Waals surface area contributed by atoms with Crippen molar-refractivity contribution in [1.29, 1.82) is 0 Å². The highest BCUT2D eigenvalue weighted by molar-refractivity contribution is 6.32. The summed E-state index contributed by atoms with van der Waals surface area (Å²) in [5, 5.41) is 0. The molecule has 2 heterocycles. The molecule has 156 valence electrons. The molecule has 0 amide bonds. The summed E-state index contributed by atoms with van der Waals surface area (Å²) in [5.41, 5.74) is 3.15. The lowest BCUT2D eigenvalue weighted by Gasteiger charge is -2.14. The fourth-order valence-electron chi connectivity index (χ4n) is 3.32. The highest BCUT2D eigenvalue weighted by Gasteiger charge is 2.22. The normalized spacial score (nSPS) is 11.4. The van der Waals surface area contributed by atoms with Crippen LogP contribution in [0, 0.1) is 0 Å². The number of hydrogen-bond donors (Lipinski definition) is 1. The second kappa shape index (κ2) is 8.71. The van der Waals surface area contributed by atoms with Crippen molar-refractivity contribution in [2.75, 3.05) is 21.3 Å². The largest absolute Gasteiger partial charge is 0.493 e. The third kappa shape index (κ3) is 3.98. The van der Waals surface area contributed by atoms with E-state index in [9.17, 15) is 4.79 Å². The van der Waals surface area contributed by atoms with Crippen molar-refractivity contribution in [3.05, 3.63) is 77.9 Å². The number of rotatable bonds is 7. The molecule has 0 aliphatic carbocycles. The summed E-state index contributed by atoms with van der Waals surface area (Å²) in [6, 6.07) is 14.6. The summed E-state index contributed by atoms with van der Waals surface area (Å²) < 4.78 is 16.2. The fraction of sp³-hybridized carbons (Fsp3) is 0.125. The number of nitrogens with zero attached hydrogens (tertiary/aromatic N) is 2. The lowest BCUT2D eigenvalue weighted by molar-refractivity contribution is 0.105. The van der Waals surface area contributed by atoms with Crippen LogP contribution in [0.15, 0.2) is 60.9 Å². The number of carbonyl (C=O) groups is 1. The summed E-state index contributed by atoms with van der Waals surface area (Å²) >= 11 is 0. The van der Waals surface area contributed by atoms with E-state index in [-0.39, 0.29) is 5.78 Å². The minimum absolute atomic E-state index is 0.248. The standard InChI is InChI=1S/C24H21N3O4/c1-29-20-12-16(13-21(30-2)23(20)31-3)22(28)17(11-15-7-6-10-25-14-15)24-26-18-8-4-5-9-19(18)27-24/h4-14H,1-3H3,(H,26,27). The number of H-pyrrole nitrogens is 1. The Hall–Kier alpha value is -4.13. The van der Waals surface area contributed by atoms with Crippen molar-refractivity contribution in [3.8, 4) is 17.2 Å². The second-order valence-electron chi connectivity index (χ2n) is 6.69. The number of pyridine rings is 1. The Morgan fingerprint density at radius 3 is 2.32 bits per heavy atom. The number of nitrogens with one attached hydrogen (secondary N) is 1. The van der Waals surface area contributed by atoms with Gasteiger partial charge in [0.2, 0.25) is 5.75 Å². The molecule has 0 bridgehead atoms. The van der Waals surface area contributed by atoms with E-state index in [0.29, 0.717) is 34.2 Å². The number of imidazole rings is 1. The Morgan fingerprint density at radius 1 is 0.968 bits per heavy atom. The van der Waals surface area contributed by atoms with E-state index in [4.69, 9.17) is 14.2 Å². The summed E-state index contributed by atoms with van der Waals surface area (Å²) in [6.07, 6.45) is 5.13. The maximum Gasteiger partial charge on any atom is 0.203 e. The van der Waals surface area contributed by atoms with Gasteiger partial charge in [-0.2, -0.15) is 0 Å². The number of allylic oxidation sites excluding steroid dienone is 1. The predicted molar refractivity (Wildman–Crippen MR) is 119 cm³/mol. The van der Waals surface area contributed by atoms with Crippen LogP contribution in [0.2, 0.25) is 0 Å². The van der Waals surface area contributed by atoms with Gasteiger partial charge in [0.05, 0.1) is 37.9 Å². The molecule has 0 fully saturated rings. The molecule has 0 spiro atoms. The number of carbonyl (C=O) groups excluding carboxylic acids is 1. The summed E-state index contributed by atoms with van der Waals surface area (Å²) in [6.45, 7) is 0. The Morgan fingerprint density at radius 2 is 1.71 bits per heavy atom. The van der Waals surface area contributed by atoms with E-state index >= 15 is 0 Å². The van der Waals surface area contributed by atoms with E-state index < -0.39 is 0 Å². The van der Waals surface area contributed by atoms with Crippen molar-refractivity contribution in [3.63, 3.8) is 0 Å². The molecule has 4 rings (SSSR count). The number of aromatic amines is 1. The molecular weight excluding hydrogens is 394 g/mol. The SMILES string of the molecule is COc1cc(C(=O)C(=Cc2cccnc2)c2nc3ccccc3[nH]2)cc(OC)c1OC. The molecule has 0 unspecified atom stereocenters. The topological polar surface area (TPSA) is 86.3 Å². The Bertz CT molecular complexity index is 1200. The van der Waals surface area contributed by atoms with Crippen LogP contribution in [0.1, 0.15) is 21.7 Å². The van der Waals surface area contributed by atoms with Gasteiger partial charge < -0.3 is 19.2 Å². The number of ether oxygens (including phenoxy) is 3. The summed E-state index contributed by atoms with van der Waals surface area (Å²) in [5.74, 6) is 1.43. The first-order valence-electron chi connectivity index (χ1n) is 9.56. The monoisotopic (exact) mass is 415 g/mol. The van der Waals surface area contributed by atoms with Gasteiger partial charge in [-0.15, -0.1) is 0 Å². The van der Waals surface area contributed by atoms with Crippen LogP contribution in [-0.2, 0) is 0 Å². The number of para-hydroxylation sites is 2. The maximum absolute atomic E-state index is 13.7. The van der Waals surface area contributed by atoms with E-state index in [1.165, 1.54) is 21.3 Å². The number of ketones is 1. The Balaban J connectivity index is 1.88. The average molecular weight is 415 g/mol. The number of aromatic nitrogens is 3. The molecule has 7 nitrogen and oxygen atoms in total.